The third-order valence-corrected chi connectivity index (χ3v) is 1.74. The molecule has 0 unspecified atom stereocenters. The summed E-state index contributed by atoms with van der Waals surface area (Å²) < 4.78 is 0. The summed E-state index contributed by atoms with van der Waals surface area (Å²) in [6, 6.07) is 0. The Balaban J connectivity index is 2.81. The molecule has 0 atom stereocenters. The summed E-state index contributed by atoms with van der Waals surface area (Å²) >= 11 is 0.813. The van der Waals surface area contributed by atoms with E-state index in [2.05, 4.69) is 10.3 Å². The highest BCUT2D eigenvalue weighted by atomic mass is 32.1. The van der Waals surface area contributed by atoms with Crippen LogP contribution in [-0.2, 0) is 4.79 Å². The van der Waals surface area contributed by atoms with Gasteiger partial charge in [0.2, 0.25) is 6.41 Å². The maximum atomic E-state index is 10.1. The Hall–Kier alpha value is -1.50. The molecular weight excluding hydrogens is 170 g/mol. The van der Waals surface area contributed by atoms with Gasteiger partial charge in [-0.25, -0.2) is 4.98 Å². The molecule has 7 heteroatoms. The van der Waals surface area contributed by atoms with Gasteiger partial charge in [-0.05, 0) is 11.3 Å². The van der Waals surface area contributed by atoms with Gasteiger partial charge in [0.05, 0.1) is 4.92 Å². The molecule has 0 aliphatic carbocycles. The van der Waals surface area contributed by atoms with E-state index >= 15 is 0 Å². The average Bonchev–Trinajstić information content (AvgIpc) is 2.37. The van der Waals surface area contributed by atoms with E-state index < -0.39 is 4.92 Å². The predicted molar refractivity (Wildman–Crippen MR) is 38.5 cm³/mol. The normalized spacial score (nSPS) is 9.09. The van der Waals surface area contributed by atoms with Crippen molar-refractivity contribution in [3.63, 3.8) is 0 Å². The topological polar surface area (TPSA) is 85.1 Å². The first-order valence-electron chi connectivity index (χ1n) is 2.54. The lowest BCUT2D eigenvalue weighted by molar-refractivity contribution is -0.380. The van der Waals surface area contributed by atoms with Crippen molar-refractivity contribution < 1.29 is 9.72 Å². The summed E-state index contributed by atoms with van der Waals surface area (Å²) in [4.78, 5) is 22.9. The van der Waals surface area contributed by atoms with Crippen LogP contribution in [0.15, 0.2) is 6.20 Å². The van der Waals surface area contributed by atoms with Crippen LogP contribution in [0.2, 0.25) is 0 Å². The van der Waals surface area contributed by atoms with Crippen LogP contribution in [0.5, 0.6) is 0 Å². The van der Waals surface area contributed by atoms with Gasteiger partial charge in [-0.15, -0.1) is 0 Å². The number of amides is 1. The molecule has 0 aromatic carbocycles. The van der Waals surface area contributed by atoms with Gasteiger partial charge in [0.1, 0.15) is 6.20 Å². The molecule has 0 radical (unpaired) electrons. The number of carbonyl (C=O) groups is 1. The van der Waals surface area contributed by atoms with Crippen LogP contribution in [-0.4, -0.2) is 16.3 Å². The Labute approximate surface area is 65.0 Å². The summed E-state index contributed by atoms with van der Waals surface area (Å²) in [6.45, 7) is 0. The van der Waals surface area contributed by atoms with E-state index in [0.29, 0.717) is 6.41 Å². The molecule has 1 aromatic heterocycles. The third-order valence-electron chi connectivity index (χ3n) is 0.856. The van der Waals surface area contributed by atoms with E-state index in [1.54, 1.807) is 0 Å². The maximum Gasteiger partial charge on any atom is 0.345 e. The van der Waals surface area contributed by atoms with E-state index in [4.69, 9.17) is 0 Å². The fraction of sp³-hybridized carbons (Fsp3) is 0. The van der Waals surface area contributed by atoms with Crippen LogP contribution in [0.25, 0.3) is 0 Å². The zero-order valence-corrected chi connectivity index (χ0v) is 6.00. The first kappa shape index (κ1) is 7.61. The van der Waals surface area contributed by atoms with E-state index in [0.717, 1.165) is 17.5 Å². The highest BCUT2D eigenvalue weighted by Crippen LogP contribution is 2.23. The standard InChI is InChI=1S/C4H3N3O3S/c8-2-6-4-5-1-3(11-4)7(9)10/h1-2H,(H,5,6,8). The fourth-order valence-electron chi connectivity index (χ4n) is 0.467. The number of nitrogens with zero attached hydrogens (tertiary/aromatic N) is 2. The van der Waals surface area contributed by atoms with E-state index in [1.807, 2.05) is 0 Å². The second-order valence-corrected chi connectivity index (χ2v) is 2.53. The van der Waals surface area contributed by atoms with Gasteiger partial charge in [-0.3, -0.25) is 14.9 Å². The van der Waals surface area contributed by atoms with Crippen LogP contribution in [0.1, 0.15) is 0 Å². The van der Waals surface area contributed by atoms with Gasteiger partial charge >= 0.3 is 5.00 Å². The van der Waals surface area contributed by atoms with Crippen LogP contribution >= 0.6 is 11.3 Å². The molecule has 1 N–H and O–H groups in total. The van der Waals surface area contributed by atoms with Crippen LogP contribution in [0.3, 0.4) is 0 Å². The van der Waals surface area contributed by atoms with Gasteiger partial charge in [0, 0.05) is 0 Å². The van der Waals surface area contributed by atoms with E-state index in [-0.39, 0.29) is 10.1 Å². The molecule has 0 spiro atoms. The molecule has 0 saturated carbocycles. The number of nitrogens with one attached hydrogen (secondary N) is 1. The molecule has 1 aromatic rings. The molecule has 0 aliphatic heterocycles. The summed E-state index contributed by atoms with van der Waals surface area (Å²) in [5.41, 5.74) is 0. The van der Waals surface area contributed by atoms with Gasteiger partial charge < -0.3 is 5.32 Å². The minimum atomic E-state index is -0.562. The molecule has 0 aliphatic rings. The Bertz CT molecular complexity index is 284. The SMILES string of the molecule is O=CNc1ncc([N+](=O)[O-])s1. The Morgan fingerprint density at radius 2 is 2.55 bits per heavy atom. The number of rotatable bonds is 3. The summed E-state index contributed by atoms with van der Waals surface area (Å²) in [6.07, 6.45) is 1.51. The zero-order chi connectivity index (χ0) is 8.27. The molecule has 0 saturated heterocycles. The molecular formula is C4H3N3O3S. The Kier molecular flexibility index (Phi) is 2.12. The number of hydrogen-bond donors (Lipinski definition) is 1. The van der Waals surface area contributed by atoms with Crippen molar-refractivity contribution in [2.45, 2.75) is 0 Å². The smallest absolute Gasteiger partial charge is 0.304 e. The van der Waals surface area contributed by atoms with Crippen molar-refractivity contribution in [1.29, 1.82) is 0 Å². The Morgan fingerprint density at radius 3 is 3.00 bits per heavy atom. The van der Waals surface area contributed by atoms with Crippen molar-refractivity contribution in [2.75, 3.05) is 5.32 Å². The highest BCUT2D eigenvalue weighted by Gasteiger charge is 2.09. The lowest BCUT2D eigenvalue weighted by Crippen LogP contribution is -1.90. The largest absolute Gasteiger partial charge is 0.345 e. The average molecular weight is 173 g/mol. The second kappa shape index (κ2) is 3.06. The molecule has 6 nitrogen and oxygen atoms in total. The number of hydrogen-bond acceptors (Lipinski definition) is 5. The highest BCUT2D eigenvalue weighted by molar-refractivity contribution is 7.18. The van der Waals surface area contributed by atoms with Gasteiger partial charge in [0.15, 0.2) is 5.13 Å². The minimum Gasteiger partial charge on any atom is -0.304 e. The number of nitro groups is 1. The molecule has 1 heterocycles. The van der Waals surface area contributed by atoms with Gasteiger partial charge in [-0.1, -0.05) is 0 Å². The van der Waals surface area contributed by atoms with Gasteiger partial charge in [0.25, 0.3) is 0 Å². The van der Waals surface area contributed by atoms with Gasteiger partial charge in [-0.2, -0.15) is 0 Å². The van der Waals surface area contributed by atoms with Crippen molar-refractivity contribution in [3.05, 3.63) is 16.3 Å². The second-order valence-electron chi connectivity index (χ2n) is 1.52. The number of aromatic nitrogens is 1. The van der Waals surface area contributed by atoms with Crippen molar-refractivity contribution >= 4 is 27.9 Å². The summed E-state index contributed by atoms with van der Waals surface area (Å²) in [7, 11) is 0. The van der Waals surface area contributed by atoms with Crippen molar-refractivity contribution in [2.24, 2.45) is 0 Å². The molecule has 11 heavy (non-hydrogen) atoms. The van der Waals surface area contributed by atoms with Crippen molar-refractivity contribution in [3.8, 4) is 0 Å². The fourth-order valence-corrected chi connectivity index (χ4v) is 1.06. The van der Waals surface area contributed by atoms with Crippen LogP contribution < -0.4 is 5.32 Å². The first-order valence-corrected chi connectivity index (χ1v) is 3.36. The lowest BCUT2D eigenvalue weighted by atomic mass is 10.9. The Morgan fingerprint density at radius 1 is 1.82 bits per heavy atom. The summed E-state index contributed by atoms with van der Waals surface area (Å²) in [5.74, 6) is 0. The zero-order valence-electron chi connectivity index (χ0n) is 5.18. The van der Waals surface area contributed by atoms with Crippen LogP contribution in [0.4, 0.5) is 10.1 Å². The monoisotopic (exact) mass is 173 g/mol. The van der Waals surface area contributed by atoms with E-state index in [1.165, 1.54) is 0 Å². The predicted octanol–water partition coefficient (Wildman–Crippen LogP) is 0.620. The number of carbonyl (C=O) groups excluding carboxylic acids is 1. The first-order chi connectivity index (χ1) is 5.24. The quantitative estimate of drug-likeness (QED) is 0.412. The molecule has 1 rings (SSSR count). The molecule has 0 bridgehead atoms. The van der Waals surface area contributed by atoms with Crippen molar-refractivity contribution in [1.82, 2.24) is 4.98 Å². The van der Waals surface area contributed by atoms with E-state index in [9.17, 15) is 14.9 Å². The third kappa shape index (κ3) is 1.71. The van der Waals surface area contributed by atoms with Crippen LogP contribution in [0, 0.1) is 10.1 Å². The number of anilines is 1. The maximum absolute atomic E-state index is 10.1. The number of thiazole rings is 1. The lowest BCUT2D eigenvalue weighted by Gasteiger charge is -1.83. The molecule has 58 valence electrons. The summed E-state index contributed by atoms with van der Waals surface area (Å²) in [5, 5.41) is 12.4. The molecule has 0 fully saturated rings. The minimum absolute atomic E-state index is 0.0886. The molecule has 1 amide bonds.